The third kappa shape index (κ3) is 3.57. The molecule has 9 heteroatoms. The number of halogens is 1. The van der Waals surface area contributed by atoms with Gasteiger partial charge in [0.1, 0.15) is 11.1 Å². The first-order valence-electron chi connectivity index (χ1n) is 8.73. The average molecular weight is 430 g/mol. The molecule has 1 aliphatic heterocycles. The number of nitro benzene ring substituents is 1. The van der Waals surface area contributed by atoms with Gasteiger partial charge in [-0.2, -0.15) is 4.31 Å². The van der Waals surface area contributed by atoms with E-state index in [-0.39, 0.29) is 22.2 Å². The van der Waals surface area contributed by atoms with Gasteiger partial charge in [-0.05, 0) is 23.8 Å². The quantitative estimate of drug-likeness (QED) is 0.484. The van der Waals surface area contributed by atoms with Gasteiger partial charge in [0.15, 0.2) is 0 Å². The lowest BCUT2D eigenvalue weighted by Gasteiger charge is -2.37. The van der Waals surface area contributed by atoms with Crippen LogP contribution in [0.4, 0.5) is 11.4 Å². The lowest BCUT2D eigenvalue weighted by Crippen LogP contribution is -2.42. The van der Waals surface area contributed by atoms with Crippen LogP contribution in [0.1, 0.15) is 17.3 Å². The predicted molar refractivity (Wildman–Crippen MR) is 110 cm³/mol. The molecular weight excluding hydrogens is 414 g/mol. The van der Waals surface area contributed by atoms with Gasteiger partial charge >= 0.3 is 0 Å². The average Bonchev–Trinajstić information content (AvgIpc) is 2.71. The summed E-state index contributed by atoms with van der Waals surface area (Å²) in [5, 5.41) is 14.7. The highest BCUT2D eigenvalue weighted by Crippen LogP contribution is 2.41. The lowest BCUT2D eigenvalue weighted by molar-refractivity contribution is -0.384. The van der Waals surface area contributed by atoms with Gasteiger partial charge in [-0.15, -0.1) is 0 Å². The summed E-state index contributed by atoms with van der Waals surface area (Å²) < 4.78 is 28.1. The van der Waals surface area contributed by atoms with Crippen molar-refractivity contribution in [2.75, 3.05) is 5.32 Å². The van der Waals surface area contributed by atoms with E-state index < -0.39 is 21.1 Å². The lowest BCUT2D eigenvalue weighted by atomic mass is 10.1. The Kier molecular flexibility index (Phi) is 4.99. The monoisotopic (exact) mass is 429 g/mol. The van der Waals surface area contributed by atoms with Crippen LogP contribution in [0, 0.1) is 10.1 Å². The molecule has 3 aromatic rings. The van der Waals surface area contributed by atoms with Crippen molar-refractivity contribution >= 4 is 33.0 Å². The molecule has 29 heavy (non-hydrogen) atoms. The van der Waals surface area contributed by atoms with Crippen LogP contribution in [0.25, 0.3) is 0 Å². The van der Waals surface area contributed by atoms with Crippen molar-refractivity contribution in [3.63, 3.8) is 0 Å². The Morgan fingerprint density at radius 1 is 1.03 bits per heavy atom. The van der Waals surface area contributed by atoms with Crippen LogP contribution >= 0.6 is 11.6 Å². The number of fused-ring (bicyclic) bond motifs is 1. The summed E-state index contributed by atoms with van der Waals surface area (Å²) in [5.74, 6) is 0. The van der Waals surface area contributed by atoms with Gasteiger partial charge in [-0.25, -0.2) is 8.42 Å². The molecule has 0 saturated carbocycles. The van der Waals surface area contributed by atoms with Crippen molar-refractivity contribution in [1.82, 2.24) is 4.31 Å². The number of nitrogens with one attached hydrogen (secondary N) is 1. The van der Waals surface area contributed by atoms with Crippen LogP contribution in [0.5, 0.6) is 0 Å². The van der Waals surface area contributed by atoms with Crippen molar-refractivity contribution in [2.24, 2.45) is 0 Å². The number of rotatable bonds is 4. The maximum absolute atomic E-state index is 13.4. The number of anilines is 1. The molecule has 1 N–H and O–H groups in total. The van der Waals surface area contributed by atoms with E-state index in [9.17, 15) is 18.5 Å². The molecule has 0 aromatic heterocycles. The number of para-hydroxylation sites is 1. The Hall–Kier alpha value is -2.94. The highest BCUT2D eigenvalue weighted by molar-refractivity contribution is 7.89. The summed E-state index contributed by atoms with van der Waals surface area (Å²) >= 11 is 6.34. The van der Waals surface area contributed by atoms with E-state index in [4.69, 9.17) is 11.6 Å². The molecule has 0 fully saturated rings. The number of nitrogens with zero attached hydrogens (tertiary/aromatic N) is 2. The predicted octanol–water partition coefficient (Wildman–Crippen LogP) is 4.56. The summed E-state index contributed by atoms with van der Waals surface area (Å²) in [5.41, 5.74) is 1.35. The SMILES string of the molecule is O=[N+]([O-])c1ccc(Cl)c(C2Nc3ccccc3S(=O)(=O)N2Cc2ccccc2)c1. The minimum Gasteiger partial charge on any atom is -0.364 e. The maximum atomic E-state index is 13.4. The molecule has 0 amide bonds. The highest BCUT2D eigenvalue weighted by Gasteiger charge is 2.40. The molecular formula is C20H16ClN3O4S. The number of non-ortho nitro benzene ring substituents is 1. The van der Waals surface area contributed by atoms with Gasteiger partial charge in [-0.1, -0.05) is 54.1 Å². The third-order valence-corrected chi connectivity index (χ3v) is 6.93. The number of hydrogen-bond donors (Lipinski definition) is 1. The van der Waals surface area contributed by atoms with Gasteiger partial charge in [0, 0.05) is 29.3 Å². The van der Waals surface area contributed by atoms with Gasteiger partial charge < -0.3 is 5.32 Å². The second-order valence-corrected chi connectivity index (χ2v) is 8.81. The maximum Gasteiger partial charge on any atom is 0.269 e. The summed E-state index contributed by atoms with van der Waals surface area (Å²) in [6.45, 7) is 0.0776. The zero-order valence-corrected chi connectivity index (χ0v) is 16.6. The topological polar surface area (TPSA) is 92.5 Å². The Morgan fingerprint density at radius 3 is 2.45 bits per heavy atom. The van der Waals surface area contributed by atoms with Gasteiger partial charge in [-0.3, -0.25) is 10.1 Å². The first-order chi connectivity index (χ1) is 13.9. The Balaban J connectivity index is 1.89. The molecule has 1 atom stereocenters. The van der Waals surface area contributed by atoms with Crippen molar-refractivity contribution in [3.8, 4) is 0 Å². The first-order valence-corrected chi connectivity index (χ1v) is 10.5. The van der Waals surface area contributed by atoms with Crippen molar-refractivity contribution in [3.05, 3.63) is 99.1 Å². The van der Waals surface area contributed by atoms with Crippen molar-refractivity contribution < 1.29 is 13.3 Å². The number of benzene rings is 3. The molecule has 1 aliphatic rings. The van der Waals surface area contributed by atoms with E-state index in [2.05, 4.69) is 5.32 Å². The van der Waals surface area contributed by atoms with Crippen LogP contribution in [0.15, 0.2) is 77.7 Å². The first kappa shape index (κ1) is 19.4. The summed E-state index contributed by atoms with van der Waals surface area (Å²) in [7, 11) is -3.89. The molecule has 0 aliphatic carbocycles. The molecule has 0 spiro atoms. The van der Waals surface area contributed by atoms with E-state index in [0.29, 0.717) is 11.3 Å². The Bertz CT molecular complexity index is 1190. The van der Waals surface area contributed by atoms with E-state index in [0.717, 1.165) is 5.56 Å². The van der Waals surface area contributed by atoms with E-state index in [1.54, 1.807) is 18.2 Å². The fourth-order valence-electron chi connectivity index (χ4n) is 3.32. The van der Waals surface area contributed by atoms with Crippen LogP contribution < -0.4 is 5.32 Å². The van der Waals surface area contributed by atoms with E-state index in [1.165, 1.54) is 28.6 Å². The third-order valence-electron chi connectivity index (χ3n) is 4.72. The summed E-state index contributed by atoms with van der Waals surface area (Å²) in [6.07, 6.45) is -0.900. The number of hydrogen-bond acceptors (Lipinski definition) is 5. The van der Waals surface area contributed by atoms with E-state index in [1.807, 2.05) is 30.3 Å². The molecule has 0 bridgehead atoms. The zero-order valence-electron chi connectivity index (χ0n) is 15.0. The zero-order chi connectivity index (χ0) is 20.6. The molecule has 3 aromatic carbocycles. The van der Waals surface area contributed by atoms with Crippen LogP contribution in [0.2, 0.25) is 5.02 Å². The number of sulfonamides is 1. The normalized spacial score (nSPS) is 17.9. The Morgan fingerprint density at radius 2 is 1.72 bits per heavy atom. The van der Waals surface area contributed by atoms with Gasteiger partial charge in [0.25, 0.3) is 5.69 Å². The van der Waals surface area contributed by atoms with Crippen LogP contribution in [0.3, 0.4) is 0 Å². The van der Waals surface area contributed by atoms with Gasteiger partial charge in [0.05, 0.1) is 10.6 Å². The largest absolute Gasteiger partial charge is 0.364 e. The smallest absolute Gasteiger partial charge is 0.269 e. The van der Waals surface area contributed by atoms with Gasteiger partial charge in [0.2, 0.25) is 10.0 Å². The molecule has 4 rings (SSSR count). The standard InChI is InChI=1S/C20H16ClN3O4S/c21-17-11-10-15(24(25)26)12-16(17)20-22-18-8-4-5-9-19(18)29(27,28)23(20)13-14-6-2-1-3-7-14/h1-12,20,22H,13H2. The van der Waals surface area contributed by atoms with Crippen molar-refractivity contribution in [1.29, 1.82) is 0 Å². The molecule has 7 nitrogen and oxygen atoms in total. The van der Waals surface area contributed by atoms with Crippen molar-refractivity contribution in [2.45, 2.75) is 17.6 Å². The molecule has 0 radical (unpaired) electrons. The van der Waals surface area contributed by atoms with Crippen LogP contribution in [-0.4, -0.2) is 17.6 Å². The molecule has 1 unspecified atom stereocenters. The fourth-order valence-corrected chi connectivity index (χ4v) is 5.21. The number of nitro groups is 1. The van der Waals surface area contributed by atoms with E-state index >= 15 is 0 Å². The molecule has 148 valence electrons. The minimum atomic E-state index is -3.89. The minimum absolute atomic E-state index is 0.0776. The molecule has 0 saturated heterocycles. The van der Waals surface area contributed by atoms with Crippen LogP contribution in [-0.2, 0) is 16.6 Å². The summed E-state index contributed by atoms with van der Waals surface area (Å²) in [4.78, 5) is 10.9. The summed E-state index contributed by atoms with van der Waals surface area (Å²) in [6, 6.07) is 19.7. The second kappa shape index (κ2) is 7.47. The Labute approximate surface area is 172 Å². The highest BCUT2D eigenvalue weighted by atomic mass is 35.5. The second-order valence-electron chi connectivity index (χ2n) is 6.54. The fraction of sp³-hybridized carbons (Fsp3) is 0.100. The molecule has 1 heterocycles.